The Morgan fingerprint density at radius 1 is 1.07 bits per heavy atom. The number of hydrogen-bond acceptors (Lipinski definition) is 7. The second kappa shape index (κ2) is 7.99. The van der Waals surface area contributed by atoms with Gasteiger partial charge in [-0.25, -0.2) is 13.4 Å². The van der Waals surface area contributed by atoms with Crippen LogP contribution in [-0.2, 0) is 9.84 Å². The van der Waals surface area contributed by atoms with E-state index in [2.05, 4.69) is 10.3 Å². The Morgan fingerprint density at radius 3 is 2.46 bits per heavy atom. The number of methoxy groups -OCH3 is 2. The SMILES string of the molecule is COc1ccc(-c2csc(NC(=O)c3ccccc3S(C)(=O)=O)n2)cc1OC. The maximum Gasteiger partial charge on any atom is 0.258 e. The van der Waals surface area contributed by atoms with Crippen LogP contribution in [0.5, 0.6) is 11.5 Å². The smallest absolute Gasteiger partial charge is 0.258 e. The third kappa shape index (κ3) is 4.15. The van der Waals surface area contributed by atoms with Crippen LogP contribution in [0.4, 0.5) is 5.13 Å². The van der Waals surface area contributed by atoms with Gasteiger partial charge in [0.05, 0.1) is 30.4 Å². The third-order valence-corrected chi connectivity index (χ3v) is 5.85. The van der Waals surface area contributed by atoms with Crippen LogP contribution < -0.4 is 14.8 Å². The van der Waals surface area contributed by atoms with E-state index < -0.39 is 15.7 Å². The summed E-state index contributed by atoms with van der Waals surface area (Å²) in [5.41, 5.74) is 1.52. The summed E-state index contributed by atoms with van der Waals surface area (Å²) in [6.45, 7) is 0. The van der Waals surface area contributed by atoms with Gasteiger partial charge in [-0.05, 0) is 30.3 Å². The molecular formula is C19H18N2O5S2. The molecule has 3 aromatic rings. The molecule has 0 aliphatic rings. The molecule has 0 atom stereocenters. The van der Waals surface area contributed by atoms with Crippen LogP contribution in [0, 0.1) is 0 Å². The lowest BCUT2D eigenvalue weighted by atomic mass is 10.1. The molecule has 0 radical (unpaired) electrons. The van der Waals surface area contributed by atoms with E-state index in [9.17, 15) is 13.2 Å². The second-order valence-electron chi connectivity index (χ2n) is 5.83. The van der Waals surface area contributed by atoms with E-state index in [1.807, 2.05) is 6.07 Å². The lowest BCUT2D eigenvalue weighted by molar-refractivity contribution is 0.102. The molecule has 0 bridgehead atoms. The van der Waals surface area contributed by atoms with Crippen molar-refractivity contribution in [2.75, 3.05) is 25.8 Å². The Balaban J connectivity index is 1.85. The highest BCUT2D eigenvalue weighted by Crippen LogP contribution is 2.33. The van der Waals surface area contributed by atoms with Crippen molar-refractivity contribution in [3.8, 4) is 22.8 Å². The monoisotopic (exact) mass is 418 g/mol. The molecule has 0 aliphatic heterocycles. The minimum atomic E-state index is -3.53. The lowest BCUT2D eigenvalue weighted by Crippen LogP contribution is -2.15. The normalized spacial score (nSPS) is 11.1. The Labute approximate surface area is 166 Å². The molecule has 0 saturated heterocycles. The van der Waals surface area contributed by atoms with Crippen molar-refractivity contribution < 1.29 is 22.7 Å². The highest BCUT2D eigenvalue weighted by atomic mass is 32.2. The predicted molar refractivity (Wildman–Crippen MR) is 108 cm³/mol. The molecule has 7 nitrogen and oxygen atoms in total. The fraction of sp³-hybridized carbons (Fsp3) is 0.158. The van der Waals surface area contributed by atoms with Crippen LogP contribution >= 0.6 is 11.3 Å². The average Bonchev–Trinajstić information content (AvgIpc) is 3.15. The van der Waals surface area contributed by atoms with Gasteiger partial charge >= 0.3 is 0 Å². The summed E-state index contributed by atoms with van der Waals surface area (Å²) in [6, 6.07) is 11.5. The first kappa shape index (κ1) is 19.8. The van der Waals surface area contributed by atoms with Crippen LogP contribution in [0.25, 0.3) is 11.3 Å². The molecule has 2 aromatic carbocycles. The van der Waals surface area contributed by atoms with Gasteiger partial charge in [-0.3, -0.25) is 10.1 Å². The van der Waals surface area contributed by atoms with Gasteiger partial charge in [-0.2, -0.15) is 0 Å². The van der Waals surface area contributed by atoms with Crippen molar-refractivity contribution in [1.29, 1.82) is 0 Å². The fourth-order valence-corrected chi connectivity index (χ4v) is 4.20. The molecule has 1 amide bonds. The number of sulfone groups is 1. The summed E-state index contributed by atoms with van der Waals surface area (Å²) >= 11 is 1.24. The van der Waals surface area contributed by atoms with Crippen LogP contribution in [-0.4, -0.2) is 39.8 Å². The van der Waals surface area contributed by atoms with E-state index in [1.54, 1.807) is 43.9 Å². The van der Waals surface area contributed by atoms with E-state index >= 15 is 0 Å². The van der Waals surface area contributed by atoms with E-state index in [4.69, 9.17) is 9.47 Å². The third-order valence-electron chi connectivity index (χ3n) is 3.94. The molecule has 9 heteroatoms. The zero-order chi connectivity index (χ0) is 20.3. The molecule has 0 unspecified atom stereocenters. The van der Waals surface area contributed by atoms with E-state index in [0.717, 1.165) is 11.8 Å². The summed E-state index contributed by atoms with van der Waals surface area (Å²) in [5.74, 6) is 0.641. The summed E-state index contributed by atoms with van der Waals surface area (Å²) in [5, 5.41) is 4.81. The Hall–Kier alpha value is -2.91. The maximum atomic E-state index is 12.6. The standard InChI is InChI=1S/C19H18N2O5S2/c1-25-15-9-8-12(10-16(15)26-2)14-11-27-19(20-14)21-18(22)13-6-4-5-7-17(13)28(3,23)24/h4-11H,1-3H3,(H,20,21,22). The molecule has 28 heavy (non-hydrogen) atoms. The number of amides is 1. The van der Waals surface area contributed by atoms with Crippen molar-refractivity contribution in [2.45, 2.75) is 4.90 Å². The maximum absolute atomic E-state index is 12.6. The van der Waals surface area contributed by atoms with Crippen LogP contribution in [0.2, 0.25) is 0 Å². The first-order valence-electron chi connectivity index (χ1n) is 8.12. The second-order valence-corrected chi connectivity index (χ2v) is 8.67. The average molecular weight is 418 g/mol. The number of benzene rings is 2. The largest absolute Gasteiger partial charge is 0.493 e. The fourth-order valence-electron chi connectivity index (χ4n) is 2.60. The van der Waals surface area contributed by atoms with Gasteiger partial charge < -0.3 is 9.47 Å². The molecule has 1 aromatic heterocycles. The van der Waals surface area contributed by atoms with Gasteiger partial charge in [0, 0.05) is 17.2 Å². The number of rotatable bonds is 6. The molecule has 1 N–H and O–H groups in total. The number of nitrogens with zero attached hydrogens (tertiary/aromatic N) is 1. The molecule has 0 aliphatic carbocycles. The molecule has 0 spiro atoms. The number of ether oxygens (including phenoxy) is 2. The lowest BCUT2D eigenvalue weighted by Gasteiger charge is -2.08. The Kier molecular flexibility index (Phi) is 5.66. The van der Waals surface area contributed by atoms with Crippen LogP contribution in [0.1, 0.15) is 10.4 Å². The van der Waals surface area contributed by atoms with Crippen molar-refractivity contribution in [3.63, 3.8) is 0 Å². The van der Waals surface area contributed by atoms with Crippen molar-refractivity contribution in [1.82, 2.24) is 4.98 Å². The van der Waals surface area contributed by atoms with Crippen LogP contribution in [0.3, 0.4) is 0 Å². The number of hydrogen-bond donors (Lipinski definition) is 1. The minimum Gasteiger partial charge on any atom is -0.493 e. The number of aromatic nitrogens is 1. The first-order valence-corrected chi connectivity index (χ1v) is 10.9. The molecule has 1 heterocycles. The van der Waals surface area contributed by atoms with Crippen molar-refractivity contribution in [3.05, 3.63) is 53.4 Å². The zero-order valence-electron chi connectivity index (χ0n) is 15.4. The predicted octanol–water partition coefficient (Wildman–Crippen LogP) is 3.48. The van der Waals surface area contributed by atoms with Gasteiger partial charge in [-0.15, -0.1) is 11.3 Å². The number of nitrogens with one attached hydrogen (secondary N) is 1. The molecule has 0 saturated carbocycles. The first-order chi connectivity index (χ1) is 13.3. The molecular weight excluding hydrogens is 400 g/mol. The zero-order valence-corrected chi connectivity index (χ0v) is 17.1. The van der Waals surface area contributed by atoms with Gasteiger partial charge in [0.15, 0.2) is 26.5 Å². The minimum absolute atomic E-state index is 0.0239. The van der Waals surface area contributed by atoms with E-state index in [1.165, 1.54) is 23.5 Å². The Bertz CT molecular complexity index is 1120. The van der Waals surface area contributed by atoms with Crippen molar-refractivity contribution >= 4 is 32.2 Å². The van der Waals surface area contributed by atoms with Gasteiger partial charge in [0.2, 0.25) is 0 Å². The number of carbonyl (C=O) groups excluding carboxylic acids is 1. The molecule has 3 rings (SSSR count). The Morgan fingerprint density at radius 2 is 1.79 bits per heavy atom. The quantitative estimate of drug-likeness (QED) is 0.659. The number of carbonyl (C=O) groups is 1. The summed E-state index contributed by atoms with van der Waals surface area (Å²) in [7, 11) is -0.419. The summed E-state index contributed by atoms with van der Waals surface area (Å²) < 4.78 is 34.3. The summed E-state index contributed by atoms with van der Waals surface area (Å²) in [6.07, 6.45) is 1.07. The van der Waals surface area contributed by atoms with E-state index in [0.29, 0.717) is 22.3 Å². The molecule has 146 valence electrons. The number of thiazole rings is 1. The van der Waals surface area contributed by atoms with Gasteiger partial charge in [0.25, 0.3) is 5.91 Å². The van der Waals surface area contributed by atoms with Gasteiger partial charge in [-0.1, -0.05) is 12.1 Å². The highest BCUT2D eigenvalue weighted by molar-refractivity contribution is 7.90. The van der Waals surface area contributed by atoms with Gasteiger partial charge in [0.1, 0.15) is 0 Å². The highest BCUT2D eigenvalue weighted by Gasteiger charge is 2.19. The van der Waals surface area contributed by atoms with E-state index in [-0.39, 0.29) is 10.5 Å². The summed E-state index contributed by atoms with van der Waals surface area (Å²) in [4.78, 5) is 17.0. The number of anilines is 1. The molecule has 0 fully saturated rings. The topological polar surface area (TPSA) is 94.6 Å². The van der Waals surface area contributed by atoms with Crippen LogP contribution in [0.15, 0.2) is 52.7 Å². The van der Waals surface area contributed by atoms with Crippen molar-refractivity contribution in [2.24, 2.45) is 0 Å².